The molecule has 0 aliphatic heterocycles. The van der Waals surface area contributed by atoms with Gasteiger partial charge in [0.05, 0.1) is 13.5 Å². The topological polar surface area (TPSA) is 46.5 Å². The minimum atomic E-state index is -0.738. The highest BCUT2D eigenvalue weighted by molar-refractivity contribution is 7.98. The molecule has 92 valence electrons. The predicted molar refractivity (Wildman–Crippen MR) is 67.9 cm³/mol. The summed E-state index contributed by atoms with van der Waals surface area (Å²) in [6, 6.07) is 6.03. The molecule has 1 aliphatic carbocycles. The van der Waals surface area contributed by atoms with Gasteiger partial charge >= 0.3 is 5.97 Å². The van der Waals surface area contributed by atoms with E-state index in [-0.39, 0.29) is 11.8 Å². The second-order valence-electron chi connectivity index (χ2n) is 4.42. The van der Waals surface area contributed by atoms with Crippen molar-refractivity contribution in [3.63, 3.8) is 0 Å². The number of carboxylic acid groups (broad SMARTS) is 1. The zero-order chi connectivity index (χ0) is 12.5. The summed E-state index contributed by atoms with van der Waals surface area (Å²) >= 11 is 1.66. The molecule has 0 atom stereocenters. The van der Waals surface area contributed by atoms with Gasteiger partial charge in [0, 0.05) is 15.9 Å². The predicted octanol–water partition coefficient (Wildman–Crippen LogP) is 2.92. The lowest BCUT2D eigenvalue weighted by Crippen LogP contribution is -2.14. The van der Waals surface area contributed by atoms with E-state index in [4.69, 9.17) is 9.84 Å². The molecule has 0 bridgehead atoms. The largest absolute Gasteiger partial charge is 0.496 e. The van der Waals surface area contributed by atoms with Crippen molar-refractivity contribution >= 4 is 17.7 Å². The Morgan fingerprint density at radius 1 is 1.53 bits per heavy atom. The van der Waals surface area contributed by atoms with Crippen molar-refractivity contribution in [2.45, 2.75) is 29.6 Å². The van der Waals surface area contributed by atoms with Gasteiger partial charge in [0.15, 0.2) is 0 Å². The van der Waals surface area contributed by atoms with Crippen molar-refractivity contribution < 1.29 is 14.6 Å². The minimum Gasteiger partial charge on any atom is -0.496 e. The molecule has 0 aromatic heterocycles. The molecule has 1 aliphatic rings. The van der Waals surface area contributed by atoms with Gasteiger partial charge < -0.3 is 9.84 Å². The maximum Gasteiger partial charge on any atom is 0.304 e. The molecule has 1 saturated carbocycles. The van der Waals surface area contributed by atoms with Gasteiger partial charge in [-0.15, -0.1) is 11.8 Å². The number of carboxylic acids is 1. The molecule has 1 aromatic rings. The third-order valence-corrected chi connectivity index (χ3v) is 4.05. The molecular formula is C13H16O3S. The van der Waals surface area contributed by atoms with Crippen LogP contribution in [0.4, 0.5) is 0 Å². The van der Waals surface area contributed by atoms with Crippen molar-refractivity contribution in [3.05, 3.63) is 23.8 Å². The van der Waals surface area contributed by atoms with Crippen LogP contribution in [-0.4, -0.2) is 24.4 Å². The van der Waals surface area contributed by atoms with E-state index in [1.54, 1.807) is 18.9 Å². The van der Waals surface area contributed by atoms with E-state index < -0.39 is 5.97 Å². The summed E-state index contributed by atoms with van der Waals surface area (Å²) in [6.45, 7) is 0. The molecule has 3 nitrogen and oxygen atoms in total. The van der Waals surface area contributed by atoms with Gasteiger partial charge in [0.1, 0.15) is 5.75 Å². The summed E-state index contributed by atoms with van der Waals surface area (Å²) in [4.78, 5) is 12.0. The average Bonchev–Trinajstić information content (AvgIpc) is 3.08. The summed E-state index contributed by atoms with van der Waals surface area (Å²) in [5.41, 5.74) is 0.855. The third kappa shape index (κ3) is 2.41. The normalized spacial score (nSPS) is 16.6. The van der Waals surface area contributed by atoms with Crippen LogP contribution in [0.3, 0.4) is 0 Å². The Morgan fingerprint density at radius 2 is 2.24 bits per heavy atom. The number of methoxy groups -OCH3 is 1. The molecule has 0 saturated heterocycles. The summed E-state index contributed by atoms with van der Waals surface area (Å²) in [7, 11) is 1.64. The quantitative estimate of drug-likeness (QED) is 0.818. The van der Waals surface area contributed by atoms with Crippen LogP contribution in [0.15, 0.2) is 23.1 Å². The molecule has 1 fully saturated rings. The maximum absolute atomic E-state index is 10.9. The lowest BCUT2D eigenvalue weighted by molar-refractivity contribution is -0.137. The Labute approximate surface area is 105 Å². The molecule has 2 rings (SSSR count). The van der Waals surface area contributed by atoms with E-state index >= 15 is 0 Å². The maximum atomic E-state index is 10.9. The molecule has 0 spiro atoms. The molecule has 4 heteroatoms. The van der Waals surface area contributed by atoms with Crippen LogP contribution in [0.25, 0.3) is 0 Å². The molecule has 1 aromatic carbocycles. The lowest BCUT2D eigenvalue weighted by Gasteiger charge is -2.17. The molecule has 0 amide bonds. The number of benzene rings is 1. The number of aliphatic carboxylic acids is 1. The Balaban J connectivity index is 2.35. The fourth-order valence-corrected chi connectivity index (χ4v) is 2.65. The van der Waals surface area contributed by atoms with Crippen molar-refractivity contribution in [1.29, 1.82) is 0 Å². The highest BCUT2D eigenvalue weighted by atomic mass is 32.2. The van der Waals surface area contributed by atoms with Gasteiger partial charge in [-0.2, -0.15) is 0 Å². The first-order valence-electron chi connectivity index (χ1n) is 5.55. The SMILES string of the molecule is COc1cc(SC)ccc1C1(CC(=O)O)CC1. The van der Waals surface area contributed by atoms with Crippen LogP contribution < -0.4 is 4.74 Å². The number of hydrogen-bond donors (Lipinski definition) is 1. The third-order valence-electron chi connectivity index (χ3n) is 3.32. The summed E-state index contributed by atoms with van der Waals surface area (Å²) in [6.07, 6.45) is 4.09. The summed E-state index contributed by atoms with van der Waals surface area (Å²) in [5, 5.41) is 8.97. The van der Waals surface area contributed by atoms with Crippen molar-refractivity contribution in [2.24, 2.45) is 0 Å². The van der Waals surface area contributed by atoms with E-state index in [2.05, 4.69) is 0 Å². The van der Waals surface area contributed by atoms with Gasteiger partial charge in [-0.1, -0.05) is 6.07 Å². The van der Waals surface area contributed by atoms with Crippen LogP contribution in [-0.2, 0) is 10.2 Å². The second kappa shape index (κ2) is 4.61. The van der Waals surface area contributed by atoms with Gasteiger partial charge in [-0.05, 0) is 31.2 Å². The molecule has 0 radical (unpaired) electrons. The average molecular weight is 252 g/mol. The fraction of sp³-hybridized carbons (Fsp3) is 0.462. The molecular weight excluding hydrogens is 236 g/mol. The lowest BCUT2D eigenvalue weighted by atomic mass is 9.91. The Kier molecular flexibility index (Phi) is 3.33. The van der Waals surface area contributed by atoms with Crippen LogP contribution in [0.2, 0.25) is 0 Å². The van der Waals surface area contributed by atoms with Crippen LogP contribution in [0.1, 0.15) is 24.8 Å². The number of ether oxygens (including phenoxy) is 1. The molecule has 0 unspecified atom stereocenters. The number of carbonyl (C=O) groups is 1. The first-order chi connectivity index (χ1) is 8.11. The van der Waals surface area contributed by atoms with Crippen molar-refractivity contribution in [3.8, 4) is 5.75 Å². The van der Waals surface area contributed by atoms with Crippen molar-refractivity contribution in [2.75, 3.05) is 13.4 Å². The smallest absolute Gasteiger partial charge is 0.304 e. The number of thioether (sulfide) groups is 1. The molecule has 0 heterocycles. The van der Waals surface area contributed by atoms with Gasteiger partial charge in [0.2, 0.25) is 0 Å². The monoisotopic (exact) mass is 252 g/mol. The molecule has 1 N–H and O–H groups in total. The first-order valence-corrected chi connectivity index (χ1v) is 6.78. The van der Waals surface area contributed by atoms with E-state index in [9.17, 15) is 4.79 Å². The van der Waals surface area contributed by atoms with E-state index in [0.29, 0.717) is 0 Å². The van der Waals surface area contributed by atoms with Gasteiger partial charge in [0.25, 0.3) is 0 Å². The number of hydrogen-bond acceptors (Lipinski definition) is 3. The van der Waals surface area contributed by atoms with Gasteiger partial charge in [-0.3, -0.25) is 4.79 Å². The second-order valence-corrected chi connectivity index (χ2v) is 5.30. The summed E-state index contributed by atoms with van der Waals surface area (Å²) in [5.74, 6) is 0.0779. The zero-order valence-electron chi connectivity index (χ0n) is 10.0. The van der Waals surface area contributed by atoms with Gasteiger partial charge in [-0.25, -0.2) is 0 Å². The van der Waals surface area contributed by atoms with E-state index in [1.807, 2.05) is 24.5 Å². The Morgan fingerprint density at radius 3 is 2.71 bits per heavy atom. The first kappa shape index (κ1) is 12.3. The zero-order valence-corrected chi connectivity index (χ0v) is 10.8. The van der Waals surface area contributed by atoms with E-state index in [0.717, 1.165) is 29.1 Å². The molecule has 17 heavy (non-hydrogen) atoms. The van der Waals surface area contributed by atoms with Crippen LogP contribution in [0, 0.1) is 0 Å². The standard InChI is InChI=1S/C13H16O3S/c1-16-11-7-9(17-2)3-4-10(11)13(5-6-13)8-12(14)15/h3-4,7H,5-6,8H2,1-2H3,(H,14,15). The fourth-order valence-electron chi connectivity index (χ4n) is 2.22. The number of rotatable bonds is 5. The van der Waals surface area contributed by atoms with Crippen LogP contribution >= 0.6 is 11.8 Å². The van der Waals surface area contributed by atoms with E-state index in [1.165, 1.54) is 0 Å². The van der Waals surface area contributed by atoms with Crippen LogP contribution in [0.5, 0.6) is 5.75 Å². The highest BCUT2D eigenvalue weighted by Crippen LogP contribution is 2.54. The highest BCUT2D eigenvalue weighted by Gasteiger charge is 2.47. The summed E-state index contributed by atoms with van der Waals surface area (Å²) < 4.78 is 5.39. The van der Waals surface area contributed by atoms with Crippen molar-refractivity contribution in [1.82, 2.24) is 0 Å². The Hall–Kier alpha value is -1.16. The minimum absolute atomic E-state index is 0.186. The Bertz CT molecular complexity index is 438.